The molecule has 2 heterocycles. The molecule has 0 radical (unpaired) electrons. The predicted molar refractivity (Wildman–Crippen MR) is 119 cm³/mol. The van der Waals surface area contributed by atoms with Crippen LogP contribution >= 0.6 is 0 Å². The number of imidazole rings is 1. The van der Waals surface area contributed by atoms with Gasteiger partial charge >= 0.3 is 6.09 Å². The topological polar surface area (TPSA) is 78.5 Å². The van der Waals surface area contributed by atoms with E-state index in [1.54, 1.807) is 11.2 Å². The third kappa shape index (κ3) is 6.84. The van der Waals surface area contributed by atoms with Gasteiger partial charge in [-0.05, 0) is 44.2 Å². The number of nitrogens with one attached hydrogen (secondary N) is 1. The quantitative estimate of drug-likeness (QED) is 0.730. The van der Waals surface area contributed by atoms with Crippen LogP contribution in [0.4, 0.5) is 4.79 Å². The molecule has 31 heavy (non-hydrogen) atoms. The van der Waals surface area contributed by atoms with Crippen LogP contribution in [-0.4, -0.2) is 57.0 Å². The smallest absolute Gasteiger partial charge is 0.410 e. The van der Waals surface area contributed by atoms with Gasteiger partial charge in [0, 0.05) is 45.2 Å². The lowest BCUT2D eigenvalue weighted by molar-refractivity contribution is -0.133. The first kappa shape index (κ1) is 22.8. The molecule has 1 aliphatic heterocycles. The van der Waals surface area contributed by atoms with Crippen LogP contribution in [0.15, 0.2) is 36.8 Å². The van der Waals surface area contributed by atoms with Crippen molar-refractivity contribution in [3.8, 4) is 0 Å². The Balaban J connectivity index is 1.57. The maximum Gasteiger partial charge on any atom is 0.410 e. The summed E-state index contributed by atoms with van der Waals surface area (Å²) in [4.78, 5) is 36.5. The average molecular weight is 427 g/mol. The van der Waals surface area contributed by atoms with Crippen LogP contribution in [0.1, 0.15) is 50.9 Å². The van der Waals surface area contributed by atoms with Gasteiger partial charge in [-0.2, -0.15) is 0 Å². The highest BCUT2D eigenvalue weighted by Crippen LogP contribution is 2.21. The number of fused-ring (bicyclic) bond motifs is 1. The molecular weight excluding hydrogens is 392 g/mol. The molecule has 1 atom stereocenters. The molecule has 1 aromatic carbocycles. The maximum atomic E-state index is 12.9. The van der Waals surface area contributed by atoms with Gasteiger partial charge in [0.1, 0.15) is 5.60 Å². The number of ether oxygens (including phenoxy) is 1. The standard InChI is InChI=1S/C24H34N4O3/c1-18(13-22(29)27-11-9-19-7-5-6-8-20(19)16-27)15-28(23(30)31-24(2,3)4)12-10-21-14-25-17-26-21/h5-8,14,17-18H,9-13,15-16H2,1-4H3,(H,25,26). The van der Waals surface area contributed by atoms with Gasteiger partial charge in [-0.15, -0.1) is 0 Å². The molecule has 2 amide bonds. The molecule has 0 bridgehead atoms. The molecular formula is C24H34N4O3. The molecule has 3 rings (SSSR count). The Morgan fingerprint density at radius 1 is 1.26 bits per heavy atom. The number of aromatic nitrogens is 2. The van der Waals surface area contributed by atoms with Crippen molar-refractivity contribution in [2.24, 2.45) is 5.92 Å². The van der Waals surface area contributed by atoms with E-state index in [4.69, 9.17) is 4.74 Å². The molecule has 0 saturated carbocycles. The van der Waals surface area contributed by atoms with Crippen molar-refractivity contribution in [3.05, 3.63) is 53.6 Å². The lowest BCUT2D eigenvalue weighted by Gasteiger charge is -2.31. The van der Waals surface area contributed by atoms with Crippen molar-refractivity contribution in [1.82, 2.24) is 19.8 Å². The minimum atomic E-state index is -0.568. The average Bonchev–Trinajstić information content (AvgIpc) is 3.23. The number of rotatable bonds is 7. The molecule has 1 aromatic heterocycles. The number of aromatic amines is 1. The van der Waals surface area contributed by atoms with Crippen molar-refractivity contribution in [2.45, 2.75) is 59.1 Å². The molecule has 2 aromatic rings. The highest BCUT2D eigenvalue weighted by molar-refractivity contribution is 5.77. The van der Waals surface area contributed by atoms with Crippen molar-refractivity contribution >= 4 is 12.0 Å². The van der Waals surface area contributed by atoms with Crippen molar-refractivity contribution in [3.63, 3.8) is 0 Å². The van der Waals surface area contributed by atoms with Gasteiger partial charge < -0.3 is 19.5 Å². The number of carbonyl (C=O) groups excluding carboxylic acids is 2. The molecule has 1 N–H and O–H groups in total. The summed E-state index contributed by atoms with van der Waals surface area (Å²) in [6.45, 7) is 9.97. The Morgan fingerprint density at radius 2 is 2.00 bits per heavy atom. The summed E-state index contributed by atoms with van der Waals surface area (Å²) in [6, 6.07) is 8.30. The summed E-state index contributed by atoms with van der Waals surface area (Å²) < 4.78 is 5.59. The van der Waals surface area contributed by atoms with Crippen LogP contribution < -0.4 is 0 Å². The summed E-state index contributed by atoms with van der Waals surface area (Å²) in [5.41, 5.74) is 2.88. The van der Waals surface area contributed by atoms with Crippen molar-refractivity contribution < 1.29 is 14.3 Å². The number of amides is 2. The van der Waals surface area contributed by atoms with Gasteiger partial charge in [0.25, 0.3) is 0 Å². The van der Waals surface area contributed by atoms with E-state index in [-0.39, 0.29) is 17.9 Å². The van der Waals surface area contributed by atoms with Crippen molar-refractivity contribution in [1.29, 1.82) is 0 Å². The van der Waals surface area contributed by atoms with Gasteiger partial charge in [0.05, 0.1) is 12.0 Å². The van der Waals surface area contributed by atoms with Crippen LogP contribution in [0.5, 0.6) is 0 Å². The van der Waals surface area contributed by atoms with Gasteiger partial charge in [0.15, 0.2) is 0 Å². The normalized spacial score (nSPS) is 14.6. The fourth-order valence-corrected chi connectivity index (χ4v) is 3.84. The molecule has 7 heteroatoms. The number of H-pyrrole nitrogens is 1. The number of carbonyl (C=O) groups is 2. The highest BCUT2D eigenvalue weighted by atomic mass is 16.6. The molecule has 7 nitrogen and oxygen atoms in total. The molecule has 0 spiro atoms. The first-order valence-electron chi connectivity index (χ1n) is 11.0. The fraction of sp³-hybridized carbons (Fsp3) is 0.542. The monoisotopic (exact) mass is 426 g/mol. The van der Waals surface area contributed by atoms with Crippen LogP contribution in [0.25, 0.3) is 0 Å². The zero-order valence-corrected chi connectivity index (χ0v) is 19.1. The minimum Gasteiger partial charge on any atom is -0.444 e. The third-order valence-corrected chi connectivity index (χ3v) is 5.38. The van der Waals surface area contributed by atoms with E-state index >= 15 is 0 Å². The summed E-state index contributed by atoms with van der Waals surface area (Å²) >= 11 is 0. The molecule has 1 aliphatic rings. The molecule has 1 unspecified atom stereocenters. The van der Waals surface area contributed by atoms with Gasteiger partial charge in [-0.25, -0.2) is 9.78 Å². The summed E-state index contributed by atoms with van der Waals surface area (Å²) in [5.74, 6) is 0.162. The Morgan fingerprint density at radius 3 is 2.68 bits per heavy atom. The second kappa shape index (κ2) is 9.98. The summed E-state index contributed by atoms with van der Waals surface area (Å²) in [5, 5.41) is 0. The minimum absolute atomic E-state index is 0.0244. The Kier molecular flexibility index (Phi) is 7.36. The van der Waals surface area contributed by atoms with E-state index < -0.39 is 5.60 Å². The van der Waals surface area contributed by atoms with Crippen LogP contribution in [0.3, 0.4) is 0 Å². The third-order valence-electron chi connectivity index (χ3n) is 5.38. The number of hydrogen-bond acceptors (Lipinski definition) is 4. The number of benzene rings is 1. The Hall–Kier alpha value is -2.83. The van der Waals surface area contributed by atoms with Gasteiger partial charge in [-0.3, -0.25) is 4.79 Å². The maximum absolute atomic E-state index is 12.9. The van der Waals surface area contributed by atoms with E-state index in [0.29, 0.717) is 32.5 Å². The molecule has 0 saturated heterocycles. The predicted octanol–water partition coefficient (Wildman–Crippen LogP) is 3.80. The van der Waals surface area contributed by atoms with Gasteiger partial charge in [0.2, 0.25) is 5.91 Å². The lowest BCUT2D eigenvalue weighted by atomic mass is 9.98. The molecule has 0 fully saturated rings. The second-order valence-corrected chi connectivity index (χ2v) is 9.38. The summed E-state index contributed by atoms with van der Waals surface area (Å²) in [6.07, 6.45) is 5.04. The largest absolute Gasteiger partial charge is 0.444 e. The summed E-state index contributed by atoms with van der Waals surface area (Å²) in [7, 11) is 0. The zero-order valence-electron chi connectivity index (χ0n) is 19.1. The first-order valence-corrected chi connectivity index (χ1v) is 11.0. The lowest BCUT2D eigenvalue weighted by Crippen LogP contribution is -2.42. The Labute approximate surface area is 184 Å². The first-order chi connectivity index (χ1) is 14.7. The van der Waals surface area contributed by atoms with E-state index in [1.165, 1.54) is 11.1 Å². The SMILES string of the molecule is CC(CC(=O)N1CCc2ccccc2C1)CN(CCc1c[nH]cn1)C(=O)OC(C)(C)C. The van der Waals surface area contributed by atoms with Crippen LogP contribution in [0, 0.1) is 5.92 Å². The second-order valence-electron chi connectivity index (χ2n) is 9.38. The Bertz CT molecular complexity index is 873. The zero-order chi connectivity index (χ0) is 22.4. The van der Waals surface area contributed by atoms with E-state index in [0.717, 1.165) is 18.7 Å². The van der Waals surface area contributed by atoms with E-state index in [9.17, 15) is 9.59 Å². The van der Waals surface area contributed by atoms with Gasteiger partial charge in [-0.1, -0.05) is 31.2 Å². The van der Waals surface area contributed by atoms with Crippen LogP contribution in [0.2, 0.25) is 0 Å². The molecule has 168 valence electrons. The van der Waals surface area contributed by atoms with Crippen molar-refractivity contribution in [2.75, 3.05) is 19.6 Å². The fourth-order valence-electron chi connectivity index (χ4n) is 3.84. The number of hydrogen-bond donors (Lipinski definition) is 1. The van der Waals surface area contributed by atoms with E-state index in [1.807, 2.05) is 50.9 Å². The highest BCUT2D eigenvalue weighted by Gasteiger charge is 2.26. The van der Waals surface area contributed by atoms with E-state index in [2.05, 4.69) is 22.1 Å². The molecule has 0 aliphatic carbocycles. The van der Waals surface area contributed by atoms with Crippen LogP contribution in [-0.2, 0) is 28.9 Å². The number of nitrogens with zero attached hydrogens (tertiary/aromatic N) is 3.